The molecule has 0 amide bonds. The van der Waals surface area contributed by atoms with Gasteiger partial charge in [-0.25, -0.2) is 0 Å². The van der Waals surface area contributed by atoms with Crippen molar-refractivity contribution < 1.29 is 23.1 Å². The van der Waals surface area contributed by atoms with Crippen LogP contribution in [-0.4, -0.2) is 36.8 Å². The maximum absolute atomic E-state index is 10.5. The summed E-state index contributed by atoms with van der Waals surface area (Å²) in [6.07, 6.45) is 9.57. The van der Waals surface area contributed by atoms with E-state index in [4.69, 9.17) is 9.90 Å². The highest BCUT2D eigenvalue weighted by atomic mass is 31.2. The van der Waals surface area contributed by atoms with Crippen LogP contribution in [0.5, 0.6) is 0 Å². The van der Waals surface area contributed by atoms with Gasteiger partial charge in [-0.15, -0.1) is 0 Å². The fourth-order valence-corrected chi connectivity index (χ4v) is 5.56. The number of unbranched alkanes of at least 4 members (excludes halogenated alkanes) is 5. The van der Waals surface area contributed by atoms with Gasteiger partial charge in [0, 0.05) is 7.26 Å². The van der Waals surface area contributed by atoms with E-state index in [0.717, 1.165) is 0 Å². The van der Waals surface area contributed by atoms with E-state index in [0.29, 0.717) is 0 Å². The van der Waals surface area contributed by atoms with Gasteiger partial charge in [0.05, 0.1) is 24.6 Å². The van der Waals surface area contributed by atoms with Gasteiger partial charge in [0.25, 0.3) is 0 Å². The Balaban J connectivity index is 0. The van der Waals surface area contributed by atoms with Crippen LogP contribution in [0.1, 0.15) is 66.2 Å². The maximum Gasteiger partial charge on any atom is 0.430 e. The monoisotopic (exact) mass is 344 g/mol. The lowest BCUT2D eigenvalue weighted by Gasteiger charge is -2.23. The van der Waals surface area contributed by atoms with Crippen LogP contribution < -0.4 is 5.11 Å². The molecule has 0 unspecified atom stereocenters. The molecule has 134 valence electrons. The average molecular weight is 344 g/mol. The van der Waals surface area contributed by atoms with Crippen molar-refractivity contribution in [1.82, 2.24) is 0 Å². The fraction of sp³-hybridized carbons (Fsp3) is 0.938. The molecule has 0 atom stereocenters. The molecule has 0 N–H and O–H groups in total. The molecule has 0 aliphatic rings. The number of halogens is 3. The number of carboxylic acids is 1. The van der Waals surface area contributed by atoms with Crippen molar-refractivity contribution in [3.63, 3.8) is 0 Å². The van der Waals surface area contributed by atoms with E-state index in [-0.39, 0.29) is 0 Å². The molecule has 0 aliphatic heterocycles. The number of aliphatic carboxylic acids is 1. The first-order valence-corrected chi connectivity index (χ1v) is 10.8. The summed E-state index contributed by atoms with van der Waals surface area (Å²) >= 11 is 0. The number of carbonyl (C=O) groups excluding carboxylic acids is 1. The van der Waals surface area contributed by atoms with Gasteiger partial charge in [-0.05, 0) is 33.6 Å². The zero-order valence-corrected chi connectivity index (χ0v) is 15.4. The standard InChI is InChI=1S/C14H32P.C2HF3O2/c1-5-9-10-11-12-13-14-15(6-2,7-3)8-4;3-2(4,5)1(6)7/h5-14H2,1-4H3;(H,6,7)/q+1;/p-1. The minimum atomic E-state index is -5.19. The Labute approximate surface area is 134 Å². The largest absolute Gasteiger partial charge is 0.542 e. The zero-order chi connectivity index (χ0) is 17.6. The first-order valence-electron chi connectivity index (χ1n) is 8.32. The van der Waals surface area contributed by atoms with Crippen molar-refractivity contribution in [2.24, 2.45) is 0 Å². The van der Waals surface area contributed by atoms with Crippen molar-refractivity contribution in [3.8, 4) is 0 Å². The third-order valence-electron chi connectivity index (χ3n) is 4.23. The summed E-state index contributed by atoms with van der Waals surface area (Å²) in [5.41, 5.74) is 0. The summed E-state index contributed by atoms with van der Waals surface area (Å²) in [5.74, 6) is -3.01. The Kier molecular flexibility index (Phi) is 14.3. The first-order chi connectivity index (χ1) is 10.2. The minimum Gasteiger partial charge on any atom is -0.542 e. The van der Waals surface area contributed by atoms with Crippen molar-refractivity contribution in [1.29, 1.82) is 0 Å². The van der Waals surface area contributed by atoms with E-state index < -0.39 is 19.4 Å². The van der Waals surface area contributed by atoms with E-state index in [1.54, 1.807) is 6.16 Å². The predicted octanol–water partition coefficient (Wildman–Crippen LogP) is 4.72. The van der Waals surface area contributed by atoms with E-state index in [2.05, 4.69) is 27.7 Å². The Hall–Kier alpha value is -0.310. The quantitative estimate of drug-likeness (QED) is 0.425. The summed E-state index contributed by atoms with van der Waals surface area (Å²) in [6.45, 7) is 9.54. The maximum atomic E-state index is 10.5. The zero-order valence-electron chi connectivity index (χ0n) is 14.5. The summed E-state index contributed by atoms with van der Waals surface area (Å²) in [7, 11) is -0.494. The Morgan fingerprint density at radius 1 is 0.864 bits per heavy atom. The molecule has 0 aromatic rings. The predicted molar refractivity (Wildman–Crippen MR) is 87.8 cm³/mol. The lowest BCUT2D eigenvalue weighted by molar-refractivity contribution is -0.344. The van der Waals surface area contributed by atoms with Crippen LogP contribution in [0.3, 0.4) is 0 Å². The molecular formula is C16H32F3O2P. The molecule has 0 aromatic carbocycles. The molecule has 0 saturated heterocycles. The summed E-state index contributed by atoms with van der Waals surface area (Å²) < 4.78 is 31.5. The van der Waals surface area contributed by atoms with Gasteiger partial charge in [-0.2, -0.15) is 13.2 Å². The van der Waals surface area contributed by atoms with Crippen LogP contribution in [-0.2, 0) is 4.79 Å². The molecule has 0 saturated carbocycles. The molecule has 0 spiro atoms. The highest BCUT2D eigenvalue weighted by molar-refractivity contribution is 7.75. The van der Waals surface area contributed by atoms with Crippen LogP contribution in [0.4, 0.5) is 13.2 Å². The molecule has 0 aromatic heterocycles. The van der Waals surface area contributed by atoms with Crippen molar-refractivity contribution in [2.45, 2.75) is 72.4 Å². The second-order valence-corrected chi connectivity index (χ2v) is 10.6. The Bertz CT molecular complexity index is 269. The van der Waals surface area contributed by atoms with Crippen LogP contribution in [0.2, 0.25) is 0 Å². The van der Waals surface area contributed by atoms with Crippen molar-refractivity contribution in [2.75, 3.05) is 24.6 Å². The van der Waals surface area contributed by atoms with E-state index >= 15 is 0 Å². The number of alkyl halides is 3. The highest BCUT2D eigenvalue weighted by Crippen LogP contribution is 2.58. The second-order valence-electron chi connectivity index (χ2n) is 5.57. The highest BCUT2D eigenvalue weighted by Gasteiger charge is 2.30. The van der Waals surface area contributed by atoms with Crippen LogP contribution in [0.25, 0.3) is 0 Å². The van der Waals surface area contributed by atoms with Gasteiger partial charge >= 0.3 is 6.18 Å². The first kappa shape index (κ1) is 23.9. The number of rotatable bonds is 10. The average Bonchev–Trinajstić information content (AvgIpc) is 2.47. The molecule has 0 rings (SSSR count). The summed E-state index contributed by atoms with van der Waals surface area (Å²) in [5, 5.41) is 8.78. The van der Waals surface area contributed by atoms with Crippen LogP contribution >= 0.6 is 7.26 Å². The molecule has 0 bridgehead atoms. The van der Waals surface area contributed by atoms with E-state index in [9.17, 15) is 13.2 Å². The summed E-state index contributed by atoms with van der Waals surface area (Å²) in [6, 6.07) is 0. The van der Waals surface area contributed by atoms with Crippen LogP contribution in [0, 0.1) is 0 Å². The van der Waals surface area contributed by atoms with Gasteiger partial charge in [0.1, 0.15) is 5.97 Å². The van der Waals surface area contributed by atoms with Gasteiger partial charge < -0.3 is 9.90 Å². The normalized spacial score (nSPS) is 11.8. The lowest BCUT2D eigenvalue weighted by Crippen LogP contribution is -2.37. The number of carbonyl (C=O) groups is 1. The molecule has 22 heavy (non-hydrogen) atoms. The fourth-order valence-electron chi connectivity index (χ4n) is 2.37. The molecule has 2 nitrogen and oxygen atoms in total. The molecule has 0 fully saturated rings. The molecular weight excluding hydrogens is 312 g/mol. The smallest absolute Gasteiger partial charge is 0.430 e. The molecule has 6 heteroatoms. The SMILES string of the molecule is CCCCCCCC[P+](CC)(CC)CC.O=C([O-])C(F)(F)F. The van der Waals surface area contributed by atoms with Gasteiger partial charge in [0.15, 0.2) is 0 Å². The topological polar surface area (TPSA) is 40.1 Å². The van der Waals surface area contributed by atoms with Crippen LogP contribution in [0.15, 0.2) is 0 Å². The van der Waals surface area contributed by atoms with E-state index in [1.807, 2.05) is 0 Å². The molecule has 0 aliphatic carbocycles. The van der Waals surface area contributed by atoms with Gasteiger partial charge in [0.2, 0.25) is 0 Å². The Morgan fingerprint density at radius 2 is 1.23 bits per heavy atom. The third kappa shape index (κ3) is 12.3. The van der Waals surface area contributed by atoms with E-state index in [1.165, 1.54) is 57.0 Å². The Morgan fingerprint density at radius 3 is 1.55 bits per heavy atom. The van der Waals surface area contributed by atoms with Gasteiger partial charge in [-0.3, -0.25) is 0 Å². The summed E-state index contributed by atoms with van der Waals surface area (Å²) in [4.78, 5) is 8.78. The van der Waals surface area contributed by atoms with Gasteiger partial charge in [-0.1, -0.05) is 32.6 Å². The second kappa shape index (κ2) is 13.2. The minimum absolute atomic E-state index is 0.494. The molecule has 0 heterocycles. The third-order valence-corrected chi connectivity index (χ3v) is 9.52. The van der Waals surface area contributed by atoms with Crippen molar-refractivity contribution in [3.05, 3.63) is 0 Å². The molecule has 0 radical (unpaired) electrons. The lowest BCUT2D eigenvalue weighted by atomic mass is 10.1. The number of hydrogen-bond donors (Lipinski definition) is 0. The number of hydrogen-bond acceptors (Lipinski definition) is 2. The van der Waals surface area contributed by atoms with Crippen molar-refractivity contribution >= 4 is 13.2 Å². The number of carboxylic acid groups (broad SMARTS) is 1.